The van der Waals surface area contributed by atoms with Crippen molar-refractivity contribution in [3.63, 3.8) is 0 Å². The number of nitrogens with zero attached hydrogens (tertiary/aromatic N) is 1. The van der Waals surface area contributed by atoms with Gasteiger partial charge < -0.3 is 5.73 Å². The molecule has 1 unspecified atom stereocenters. The molecule has 0 radical (unpaired) electrons. The Labute approximate surface area is 90.1 Å². The van der Waals surface area contributed by atoms with Crippen LogP contribution >= 0.6 is 12.4 Å². The van der Waals surface area contributed by atoms with Crippen LogP contribution in [0.4, 0.5) is 0 Å². The molecule has 74 valence electrons. The van der Waals surface area contributed by atoms with E-state index in [1.807, 2.05) is 24.3 Å². The molecule has 0 spiro atoms. The smallest absolute Gasteiger partial charge is 0.0995 e. The second-order valence-corrected chi connectivity index (χ2v) is 3.56. The zero-order chi connectivity index (χ0) is 9.26. The number of hydrogen-bond donors (Lipinski definition) is 1. The third kappa shape index (κ3) is 2.06. The Bertz CT molecular complexity index is 353. The molecule has 2 rings (SSSR count). The molecule has 1 fully saturated rings. The molecule has 14 heavy (non-hydrogen) atoms. The highest BCUT2D eigenvalue weighted by Gasteiger charge is 2.30. The summed E-state index contributed by atoms with van der Waals surface area (Å²) in [4.78, 5) is 0. The normalized spacial score (nSPS) is 16.6. The number of rotatable bonds is 2. The molecule has 0 amide bonds. The fourth-order valence-electron chi connectivity index (χ4n) is 1.60. The molecule has 3 heteroatoms. The van der Waals surface area contributed by atoms with Gasteiger partial charge in [0.2, 0.25) is 0 Å². The van der Waals surface area contributed by atoms with Gasteiger partial charge in [-0.25, -0.2) is 0 Å². The highest BCUT2D eigenvalue weighted by molar-refractivity contribution is 5.85. The predicted molar refractivity (Wildman–Crippen MR) is 58.1 cm³/mol. The van der Waals surface area contributed by atoms with E-state index in [9.17, 15) is 0 Å². The fourth-order valence-corrected chi connectivity index (χ4v) is 1.60. The topological polar surface area (TPSA) is 49.8 Å². The first-order chi connectivity index (χ1) is 6.33. The number of nitrogens with two attached hydrogens (primary N) is 1. The van der Waals surface area contributed by atoms with Crippen LogP contribution in [0.15, 0.2) is 24.3 Å². The van der Waals surface area contributed by atoms with Gasteiger partial charge in [-0.15, -0.1) is 12.4 Å². The van der Waals surface area contributed by atoms with Crippen molar-refractivity contribution in [3.05, 3.63) is 35.4 Å². The van der Waals surface area contributed by atoms with Crippen molar-refractivity contribution in [3.8, 4) is 6.07 Å². The Hall–Kier alpha value is -1.04. The SMILES string of the molecule is Cl.N#Cc1ccccc1C(N)C1CC1. The minimum absolute atomic E-state index is 0. The van der Waals surface area contributed by atoms with Gasteiger partial charge in [0.1, 0.15) is 0 Å². The first kappa shape index (κ1) is 11.0. The highest BCUT2D eigenvalue weighted by Crippen LogP contribution is 2.40. The third-order valence-electron chi connectivity index (χ3n) is 2.57. The third-order valence-corrected chi connectivity index (χ3v) is 2.57. The van der Waals surface area contributed by atoms with Crippen LogP contribution in [0.3, 0.4) is 0 Å². The van der Waals surface area contributed by atoms with E-state index in [4.69, 9.17) is 11.0 Å². The van der Waals surface area contributed by atoms with E-state index in [0.717, 1.165) is 11.1 Å². The lowest BCUT2D eigenvalue weighted by Gasteiger charge is -2.11. The van der Waals surface area contributed by atoms with Gasteiger partial charge in [-0.2, -0.15) is 5.26 Å². The van der Waals surface area contributed by atoms with Crippen LogP contribution in [0.25, 0.3) is 0 Å². The second-order valence-electron chi connectivity index (χ2n) is 3.56. The minimum Gasteiger partial charge on any atom is -0.324 e. The van der Waals surface area contributed by atoms with Crippen molar-refractivity contribution < 1.29 is 0 Å². The maximum atomic E-state index is 8.86. The molecule has 1 aromatic rings. The van der Waals surface area contributed by atoms with Gasteiger partial charge in [0, 0.05) is 6.04 Å². The van der Waals surface area contributed by atoms with Gasteiger partial charge in [0.15, 0.2) is 0 Å². The number of nitriles is 1. The second kappa shape index (κ2) is 4.45. The summed E-state index contributed by atoms with van der Waals surface area (Å²) in [6.45, 7) is 0. The van der Waals surface area contributed by atoms with Gasteiger partial charge in [0.05, 0.1) is 11.6 Å². The maximum absolute atomic E-state index is 8.86. The van der Waals surface area contributed by atoms with E-state index in [1.54, 1.807) is 0 Å². The quantitative estimate of drug-likeness (QED) is 0.812. The molecule has 1 aliphatic carbocycles. The summed E-state index contributed by atoms with van der Waals surface area (Å²) in [5.41, 5.74) is 7.76. The summed E-state index contributed by atoms with van der Waals surface area (Å²) in [5, 5.41) is 8.86. The Morgan fingerprint density at radius 2 is 2.00 bits per heavy atom. The van der Waals surface area contributed by atoms with Crippen molar-refractivity contribution in [2.24, 2.45) is 11.7 Å². The summed E-state index contributed by atoms with van der Waals surface area (Å²) in [5.74, 6) is 0.606. The standard InChI is InChI=1S/C11H12N2.ClH/c12-7-9-3-1-2-4-10(9)11(13)8-5-6-8;/h1-4,8,11H,5-6,13H2;1H. The summed E-state index contributed by atoms with van der Waals surface area (Å²) in [6.07, 6.45) is 2.42. The van der Waals surface area contributed by atoms with Crippen molar-refractivity contribution >= 4 is 12.4 Å². The molecule has 0 aromatic heterocycles. The van der Waals surface area contributed by atoms with Crippen LogP contribution in [0, 0.1) is 17.2 Å². The van der Waals surface area contributed by atoms with Crippen LogP contribution in [0.1, 0.15) is 30.0 Å². The molecule has 1 aliphatic rings. The molecule has 2 N–H and O–H groups in total. The average molecular weight is 209 g/mol. The van der Waals surface area contributed by atoms with E-state index in [1.165, 1.54) is 12.8 Å². The highest BCUT2D eigenvalue weighted by atomic mass is 35.5. The Kier molecular flexibility index (Phi) is 3.51. The van der Waals surface area contributed by atoms with Crippen LogP contribution in [0.2, 0.25) is 0 Å². The molecule has 2 nitrogen and oxygen atoms in total. The molecule has 0 bridgehead atoms. The molecule has 0 saturated heterocycles. The lowest BCUT2D eigenvalue weighted by Crippen LogP contribution is -2.13. The van der Waals surface area contributed by atoms with E-state index in [-0.39, 0.29) is 18.4 Å². The summed E-state index contributed by atoms with van der Waals surface area (Å²) < 4.78 is 0. The zero-order valence-electron chi connectivity index (χ0n) is 7.81. The number of halogens is 1. The zero-order valence-corrected chi connectivity index (χ0v) is 8.63. The van der Waals surface area contributed by atoms with Gasteiger partial charge in [-0.05, 0) is 30.4 Å². The summed E-state index contributed by atoms with van der Waals surface area (Å²) in [7, 11) is 0. The Morgan fingerprint density at radius 3 is 2.57 bits per heavy atom. The molecule has 0 aliphatic heterocycles. The fraction of sp³-hybridized carbons (Fsp3) is 0.364. The Morgan fingerprint density at radius 1 is 1.36 bits per heavy atom. The van der Waals surface area contributed by atoms with Crippen LogP contribution in [-0.4, -0.2) is 0 Å². The molecular formula is C11H13ClN2. The van der Waals surface area contributed by atoms with Crippen molar-refractivity contribution in [1.82, 2.24) is 0 Å². The van der Waals surface area contributed by atoms with E-state index < -0.39 is 0 Å². The van der Waals surface area contributed by atoms with Gasteiger partial charge in [0.25, 0.3) is 0 Å². The molecule has 1 saturated carbocycles. The van der Waals surface area contributed by atoms with E-state index in [2.05, 4.69) is 6.07 Å². The number of benzene rings is 1. The summed E-state index contributed by atoms with van der Waals surface area (Å²) >= 11 is 0. The molecule has 1 aromatic carbocycles. The molecule has 1 atom stereocenters. The van der Waals surface area contributed by atoms with E-state index >= 15 is 0 Å². The Balaban J connectivity index is 0.000000980. The van der Waals surface area contributed by atoms with Crippen LogP contribution < -0.4 is 5.73 Å². The van der Waals surface area contributed by atoms with Crippen molar-refractivity contribution in [2.75, 3.05) is 0 Å². The molecular weight excluding hydrogens is 196 g/mol. The minimum atomic E-state index is 0. The number of hydrogen-bond acceptors (Lipinski definition) is 2. The van der Waals surface area contributed by atoms with Crippen LogP contribution in [0.5, 0.6) is 0 Å². The van der Waals surface area contributed by atoms with Gasteiger partial charge in [-0.1, -0.05) is 18.2 Å². The average Bonchev–Trinajstić information content (AvgIpc) is 3.00. The van der Waals surface area contributed by atoms with E-state index in [0.29, 0.717) is 5.92 Å². The van der Waals surface area contributed by atoms with Gasteiger partial charge >= 0.3 is 0 Å². The van der Waals surface area contributed by atoms with Crippen LogP contribution in [-0.2, 0) is 0 Å². The van der Waals surface area contributed by atoms with Gasteiger partial charge in [-0.3, -0.25) is 0 Å². The first-order valence-corrected chi connectivity index (χ1v) is 4.57. The lowest BCUT2D eigenvalue weighted by molar-refractivity contribution is 0.632. The largest absolute Gasteiger partial charge is 0.324 e. The monoisotopic (exact) mass is 208 g/mol. The van der Waals surface area contributed by atoms with Crippen molar-refractivity contribution in [1.29, 1.82) is 5.26 Å². The first-order valence-electron chi connectivity index (χ1n) is 4.57. The van der Waals surface area contributed by atoms with Crippen molar-refractivity contribution in [2.45, 2.75) is 18.9 Å². The lowest BCUT2D eigenvalue weighted by atomic mass is 9.98. The molecule has 0 heterocycles. The summed E-state index contributed by atoms with van der Waals surface area (Å²) in [6, 6.07) is 9.86. The predicted octanol–water partition coefficient (Wildman–Crippen LogP) is 2.39. The maximum Gasteiger partial charge on any atom is 0.0995 e.